The Bertz CT molecular complexity index is 3270. The first kappa shape index (κ1) is 73.2. The third-order valence-electron chi connectivity index (χ3n) is 18.1. The number of ketones is 2. The molecule has 0 aliphatic carbocycles. The van der Waals surface area contributed by atoms with E-state index >= 15 is 0 Å². The van der Waals surface area contributed by atoms with Gasteiger partial charge in [-0.2, -0.15) is 0 Å². The number of rotatable bonds is 23. The van der Waals surface area contributed by atoms with Crippen LogP contribution in [0.25, 0.3) is 0 Å². The van der Waals surface area contributed by atoms with Crippen molar-refractivity contribution in [3.63, 3.8) is 0 Å². The molecular formula is C76H100Cl2N2O10Si2. The number of hydrogen-bond donors (Lipinski definition) is 0. The Balaban J connectivity index is 0.000000253. The Morgan fingerprint density at radius 2 is 0.967 bits per heavy atom. The van der Waals surface area contributed by atoms with E-state index in [4.69, 9.17) is 55.7 Å². The van der Waals surface area contributed by atoms with E-state index in [2.05, 4.69) is 174 Å². The van der Waals surface area contributed by atoms with Crippen LogP contribution in [0.5, 0.6) is 23.0 Å². The van der Waals surface area contributed by atoms with E-state index in [-0.39, 0.29) is 39.6 Å². The number of alkyl halides is 2. The molecule has 0 N–H and O–H groups in total. The molecule has 3 aliphatic rings. The molecule has 6 aromatic rings. The molecule has 3 aliphatic heterocycles. The van der Waals surface area contributed by atoms with Crippen molar-refractivity contribution in [1.29, 1.82) is 0 Å². The lowest BCUT2D eigenvalue weighted by Crippen LogP contribution is -2.66. The fraction of sp³-hybridized carbons (Fsp3) is 0.461. The number of Topliss-reactive ketones (excluding diaryl/α,β-unsaturated/α-hetero) is 2. The first-order valence-electron chi connectivity index (χ1n) is 32.5. The summed E-state index contributed by atoms with van der Waals surface area (Å²) in [4.78, 5) is 44.6. The number of nitrogens with zero attached hydrogens (tertiary/aromatic N) is 2. The van der Waals surface area contributed by atoms with Gasteiger partial charge in [0.15, 0.2) is 28.8 Å². The Labute approximate surface area is 561 Å². The maximum Gasteiger partial charge on any atom is 0.410 e. The van der Waals surface area contributed by atoms with Crippen molar-refractivity contribution in [2.45, 2.75) is 154 Å². The van der Waals surface area contributed by atoms with Crippen molar-refractivity contribution in [2.75, 3.05) is 66.6 Å². The van der Waals surface area contributed by atoms with Crippen LogP contribution in [0.3, 0.4) is 0 Å². The molecule has 12 nitrogen and oxygen atoms in total. The van der Waals surface area contributed by atoms with Crippen LogP contribution in [0, 0.1) is 5.92 Å². The standard InChI is InChI=1S/C40H53NO6Si.C35H45NO4Si.CH2Cl2/c1-29(18-16-17-25-46-48(40(5,6)7,31-19-12-10-13-20-31)32-21-14-11-15-22-32)35(42)28-34-33-27-37(45-9)36(44-8)26-30(33)23-24-41(34)38(43)47-39(2,3)4;1-35(2,3)41(28-15-8-6-9-16-28,29-17-10-7-11-18-29)40-21-13-12-14-27-25-36-20-19-26-22-33(38-4)34(39-5)23-30(26)31(36)24-32(27)37;2-1-3/h10-15,19-22,26-27,34H,1,16-18,23-25,28H2,2-9H3;6-11,15-18,22-23,27,31H,12-14,19-21,24-25H2,1-5H3;1H2/t34-;27-,31-;/m11./s1. The van der Waals surface area contributed by atoms with E-state index in [1.807, 2.05) is 45.0 Å². The van der Waals surface area contributed by atoms with Crippen molar-refractivity contribution in [1.82, 2.24) is 9.80 Å². The number of methoxy groups -OCH3 is 4. The van der Waals surface area contributed by atoms with Crippen molar-refractivity contribution in [3.8, 4) is 23.0 Å². The Morgan fingerprint density at radius 3 is 1.39 bits per heavy atom. The average molecular weight is 1330 g/mol. The summed E-state index contributed by atoms with van der Waals surface area (Å²) in [7, 11) is 1.39. The second-order valence-corrected chi connectivity index (χ2v) is 36.6. The van der Waals surface area contributed by atoms with Gasteiger partial charge in [0.2, 0.25) is 0 Å². The van der Waals surface area contributed by atoms with Crippen molar-refractivity contribution >= 4 is 78.2 Å². The van der Waals surface area contributed by atoms with E-state index < -0.39 is 34.4 Å². The maximum atomic E-state index is 13.7. The van der Waals surface area contributed by atoms with Gasteiger partial charge in [0, 0.05) is 57.6 Å². The van der Waals surface area contributed by atoms with Gasteiger partial charge in [0.05, 0.1) is 39.8 Å². The molecule has 0 aromatic heterocycles. The zero-order valence-corrected chi connectivity index (χ0v) is 60.4. The molecule has 1 saturated heterocycles. The van der Waals surface area contributed by atoms with Crippen LogP contribution in [0.15, 0.2) is 158 Å². The number of carbonyl (C=O) groups excluding carboxylic acids is 3. The minimum Gasteiger partial charge on any atom is -0.493 e. The Hall–Kier alpha value is -6.24. The van der Waals surface area contributed by atoms with Crippen molar-refractivity contribution in [3.05, 3.63) is 180 Å². The van der Waals surface area contributed by atoms with E-state index in [1.165, 1.54) is 31.9 Å². The van der Waals surface area contributed by atoms with Crippen molar-refractivity contribution < 1.29 is 46.9 Å². The molecule has 1 fully saturated rings. The molecule has 9 rings (SSSR count). The molecule has 3 heterocycles. The smallest absolute Gasteiger partial charge is 0.410 e. The minimum absolute atomic E-state index is 0.0265. The van der Waals surface area contributed by atoms with Gasteiger partial charge in [-0.05, 0) is 149 Å². The molecule has 496 valence electrons. The lowest BCUT2D eigenvalue weighted by atomic mass is 9.81. The van der Waals surface area contributed by atoms with Crippen LogP contribution < -0.4 is 39.7 Å². The fourth-order valence-electron chi connectivity index (χ4n) is 13.7. The summed E-state index contributed by atoms with van der Waals surface area (Å²) in [5.41, 5.74) is 4.28. The first-order chi connectivity index (χ1) is 43.9. The predicted molar refractivity (Wildman–Crippen MR) is 380 cm³/mol. The second kappa shape index (κ2) is 33.2. The Kier molecular flexibility index (Phi) is 26.4. The minimum atomic E-state index is -2.62. The summed E-state index contributed by atoms with van der Waals surface area (Å²) < 4.78 is 42.1. The Morgan fingerprint density at radius 1 is 0.565 bits per heavy atom. The van der Waals surface area contributed by atoms with E-state index in [1.54, 1.807) is 33.3 Å². The molecule has 16 heteroatoms. The zero-order valence-electron chi connectivity index (χ0n) is 56.8. The largest absolute Gasteiger partial charge is 0.493 e. The lowest BCUT2D eigenvalue weighted by Gasteiger charge is -2.43. The summed E-state index contributed by atoms with van der Waals surface area (Å²) in [6.07, 6.45) is 6.83. The first-order valence-corrected chi connectivity index (χ1v) is 37.4. The number of benzene rings is 6. The summed E-state index contributed by atoms with van der Waals surface area (Å²) in [5, 5.41) is 5.19. The van der Waals surface area contributed by atoms with Crippen LogP contribution in [-0.2, 0) is 36.0 Å². The number of halogens is 2. The van der Waals surface area contributed by atoms with Crippen LogP contribution in [0.4, 0.5) is 4.79 Å². The zero-order chi connectivity index (χ0) is 66.9. The summed E-state index contributed by atoms with van der Waals surface area (Å²) in [6.45, 7) is 27.0. The molecule has 0 spiro atoms. The fourth-order valence-corrected chi connectivity index (χ4v) is 22.9. The normalized spacial score (nSPS) is 16.7. The highest BCUT2D eigenvalue weighted by molar-refractivity contribution is 7.00. The van der Waals surface area contributed by atoms with Gasteiger partial charge >= 0.3 is 6.09 Å². The molecule has 0 saturated carbocycles. The van der Waals surface area contributed by atoms with Crippen LogP contribution >= 0.6 is 23.2 Å². The van der Waals surface area contributed by atoms with E-state index in [0.717, 1.165) is 74.2 Å². The molecular weight excluding hydrogens is 1230 g/mol. The average Bonchev–Trinajstić information content (AvgIpc) is 0.773. The van der Waals surface area contributed by atoms with Crippen LogP contribution in [-0.4, -0.2) is 116 Å². The number of hydrogen-bond acceptors (Lipinski definition) is 11. The second-order valence-electron chi connectivity index (χ2n) is 27.2. The number of unbranched alkanes of at least 4 members (excludes halogenated alkanes) is 2. The topological polar surface area (TPSA) is 122 Å². The highest BCUT2D eigenvalue weighted by Crippen LogP contribution is 2.45. The maximum absolute atomic E-state index is 13.7. The van der Waals surface area contributed by atoms with Crippen LogP contribution in [0.2, 0.25) is 10.1 Å². The monoisotopic (exact) mass is 1330 g/mol. The summed E-state index contributed by atoms with van der Waals surface area (Å²) in [6, 6.07) is 50.5. The molecule has 0 radical (unpaired) electrons. The highest BCUT2D eigenvalue weighted by Gasteiger charge is 2.51. The van der Waals surface area contributed by atoms with Crippen LogP contribution in [0.1, 0.15) is 148 Å². The number of piperidine rings is 1. The van der Waals surface area contributed by atoms with Gasteiger partial charge in [0.1, 0.15) is 11.4 Å². The molecule has 0 bridgehead atoms. The highest BCUT2D eigenvalue weighted by atomic mass is 35.5. The third kappa shape index (κ3) is 17.6. The summed E-state index contributed by atoms with van der Waals surface area (Å²) in [5.74, 6) is 3.10. The van der Waals surface area contributed by atoms with Gasteiger partial charge in [0.25, 0.3) is 16.6 Å². The van der Waals surface area contributed by atoms with Gasteiger partial charge in [-0.25, -0.2) is 4.79 Å². The predicted octanol–water partition coefficient (Wildman–Crippen LogP) is 15.2. The van der Waals surface area contributed by atoms with Crippen molar-refractivity contribution in [2.24, 2.45) is 5.92 Å². The third-order valence-corrected chi connectivity index (χ3v) is 28.2. The number of ether oxygens (including phenoxy) is 5. The summed E-state index contributed by atoms with van der Waals surface area (Å²) >= 11 is 9.53. The van der Waals surface area contributed by atoms with Gasteiger partial charge in [-0.3, -0.25) is 14.5 Å². The van der Waals surface area contributed by atoms with E-state index in [9.17, 15) is 14.4 Å². The number of fused-ring (bicyclic) bond motifs is 4. The van der Waals surface area contributed by atoms with E-state index in [0.29, 0.717) is 61.9 Å². The molecule has 1 amide bonds. The SMILES string of the molecule is C=C(CCCCO[Si](c1ccccc1)(c1ccccc1)C(C)(C)C)C(=O)C[C@@H]1c2cc(OC)c(OC)cc2CCN1C(=O)OC(C)(C)C.COc1cc2c(cc1OC)[C@H]1CC(=O)[C@H](CCCCO[Si](c3ccccc3)(c3ccccc3)C(C)(C)C)CN1CC2.ClCCl. The molecule has 92 heavy (non-hydrogen) atoms. The molecule has 3 atom stereocenters. The van der Waals surface area contributed by atoms with Gasteiger partial charge in [-0.1, -0.05) is 176 Å². The number of amides is 1. The van der Waals surface area contributed by atoms with Gasteiger partial charge < -0.3 is 37.4 Å². The lowest BCUT2D eigenvalue weighted by molar-refractivity contribution is -0.129. The molecule has 0 unspecified atom stereocenters. The quantitative estimate of drug-likeness (QED) is 0.0264. The number of allylic oxidation sites excluding steroid dienone is 1. The number of carbonyl (C=O) groups is 3. The van der Waals surface area contributed by atoms with Gasteiger partial charge in [-0.15, -0.1) is 23.2 Å². The molecule has 6 aromatic carbocycles.